The lowest BCUT2D eigenvalue weighted by molar-refractivity contribution is 0.121. The molecule has 2 heterocycles. The maximum atomic E-state index is 5.92. The summed E-state index contributed by atoms with van der Waals surface area (Å²) in [5, 5.41) is 0.805. The molecule has 0 atom stereocenters. The first kappa shape index (κ1) is 14.5. The van der Waals surface area contributed by atoms with Crippen LogP contribution in [0.4, 0.5) is 0 Å². The van der Waals surface area contributed by atoms with Gasteiger partial charge in [0.15, 0.2) is 0 Å². The van der Waals surface area contributed by atoms with Gasteiger partial charge in [-0.1, -0.05) is 29.8 Å². The molecule has 0 amide bonds. The summed E-state index contributed by atoms with van der Waals surface area (Å²) in [6, 6.07) is 14.3. The lowest BCUT2D eigenvalue weighted by atomic mass is 10.2. The molecule has 4 heteroatoms. The van der Waals surface area contributed by atoms with E-state index in [0.29, 0.717) is 0 Å². The van der Waals surface area contributed by atoms with Crippen LogP contribution in [0.25, 0.3) is 0 Å². The lowest BCUT2D eigenvalue weighted by Crippen LogP contribution is -2.45. The van der Waals surface area contributed by atoms with Crippen molar-refractivity contribution >= 4 is 11.6 Å². The van der Waals surface area contributed by atoms with Crippen LogP contribution in [0.2, 0.25) is 5.02 Å². The number of halogens is 1. The number of nitrogens with zero attached hydrogens (tertiary/aromatic N) is 3. The third-order valence-corrected chi connectivity index (χ3v) is 4.15. The average Bonchev–Trinajstić information content (AvgIpc) is 2.53. The molecule has 3 nitrogen and oxygen atoms in total. The summed E-state index contributed by atoms with van der Waals surface area (Å²) in [5.74, 6) is 0. The molecule has 110 valence electrons. The van der Waals surface area contributed by atoms with Crippen LogP contribution in [0.15, 0.2) is 48.7 Å². The van der Waals surface area contributed by atoms with E-state index in [1.807, 2.05) is 24.4 Å². The molecule has 0 saturated carbocycles. The number of pyridine rings is 1. The fourth-order valence-corrected chi connectivity index (χ4v) is 2.80. The average molecular weight is 302 g/mol. The fourth-order valence-electron chi connectivity index (χ4n) is 2.67. The molecule has 3 rings (SSSR count). The fraction of sp³-hybridized carbons (Fsp3) is 0.353. The van der Waals surface area contributed by atoms with Crippen molar-refractivity contribution in [3.63, 3.8) is 0 Å². The van der Waals surface area contributed by atoms with Crippen LogP contribution < -0.4 is 0 Å². The third-order valence-electron chi connectivity index (χ3n) is 3.90. The van der Waals surface area contributed by atoms with Gasteiger partial charge in [-0.3, -0.25) is 14.8 Å². The van der Waals surface area contributed by atoms with Crippen LogP contribution in [0, 0.1) is 0 Å². The maximum Gasteiger partial charge on any atom is 0.0543 e. The number of benzene rings is 1. The molecule has 0 N–H and O–H groups in total. The molecule has 1 aliphatic rings. The number of hydrogen-bond acceptors (Lipinski definition) is 3. The topological polar surface area (TPSA) is 19.4 Å². The summed E-state index contributed by atoms with van der Waals surface area (Å²) in [6.07, 6.45) is 1.87. The summed E-state index contributed by atoms with van der Waals surface area (Å²) >= 11 is 5.92. The van der Waals surface area contributed by atoms with Crippen molar-refractivity contribution in [1.82, 2.24) is 14.8 Å². The van der Waals surface area contributed by atoms with Gasteiger partial charge in [0, 0.05) is 50.5 Å². The van der Waals surface area contributed by atoms with Crippen molar-refractivity contribution in [1.29, 1.82) is 0 Å². The zero-order valence-corrected chi connectivity index (χ0v) is 12.8. The number of rotatable bonds is 4. The number of hydrogen-bond donors (Lipinski definition) is 0. The van der Waals surface area contributed by atoms with Gasteiger partial charge < -0.3 is 0 Å². The van der Waals surface area contributed by atoms with E-state index in [4.69, 9.17) is 11.6 Å². The van der Waals surface area contributed by atoms with E-state index in [9.17, 15) is 0 Å². The normalized spacial score (nSPS) is 17.0. The Morgan fingerprint density at radius 3 is 2.14 bits per heavy atom. The molecule has 1 aliphatic heterocycles. The zero-order valence-electron chi connectivity index (χ0n) is 12.1. The van der Waals surface area contributed by atoms with E-state index < -0.39 is 0 Å². The predicted molar refractivity (Wildman–Crippen MR) is 86.2 cm³/mol. The molecule has 0 unspecified atom stereocenters. The highest BCUT2D eigenvalue weighted by Gasteiger charge is 2.17. The minimum absolute atomic E-state index is 0.805. The van der Waals surface area contributed by atoms with E-state index in [1.165, 1.54) is 5.56 Å². The second-order valence-electron chi connectivity index (χ2n) is 5.50. The van der Waals surface area contributed by atoms with E-state index in [2.05, 4.69) is 39.0 Å². The Balaban J connectivity index is 1.47. The van der Waals surface area contributed by atoms with Crippen LogP contribution in [-0.4, -0.2) is 41.0 Å². The first-order chi connectivity index (χ1) is 10.3. The van der Waals surface area contributed by atoms with Crippen LogP contribution in [0.1, 0.15) is 11.3 Å². The van der Waals surface area contributed by atoms with Gasteiger partial charge in [0.05, 0.1) is 5.69 Å². The number of aromatic nitrogens is 1. The van der Waals surface area contributed by atoms with Crippen LogP contribution in [-0.2, 0) is 13.1 Å². The van der Waals surface area contributed by atoms with Crippen molar-refractivity contribution in [2.75, 3.05) is 26.2 Å². The van der Waals surface area contributed by atoms with Gasteiger partial charge in [0.2, 0.25) is 0 Å². The Kier molecular flexibility index (Phi) is 4.86. The highest BCUT2D eigenvalue weighted by molar-refractivity contribution is 6.30. The highest BCUT2D eigenvalue weighted by atomic mass is 35.5. The van der Waals surface area contributed by atoms with Gasteiger partial charge >= 0.3 is 0 Å². The van der Waals surface area contributed by atoms with Crippen molar-refractivity contribution < 1.29 is 0 Å². The summed E-state index contributed by atoms with van der Waals surface area (Å²) < 4.78 is 0. The van der Waals surface area contributed by atoms with Crippen molar-refractivity contribution in [3.05, 3.63) is 64.9 Å². The molecular weight excluding hydrogens is 282 g/mol. The van der Waals surface area contributed by atoms with Gasteiger partial charge in [-0.2, -0.15) is 0 Å². The Morgan fingerprint density at radius 1 is 0.857 bits per heavy atom. The second-order valence-corrected chi connectivity index (χ2v) is 5.94. The first-order valence-electron chi connectivity index (χ1n) is 7.39. The minimum atomic E-state index is 0.805. The van der Waals surface area contributed by atoms with Crippen LogP contribution >= 0.6 is 11.6 Å². The molecule has 0 aliphatic carbocycles. The van der Waals surface area contributed by atoms with Crippen molar-refractivity contribution in [2.45, 2.75) is 13.1 Å². The van der Waals surface area contributed by atoms with Gasteiger partial charge in [-0.05, 0) is 29.8 Å². The third kappa shape index (κ3) is 4.27. The summed E-state index contributed by atoms with van der Waals surface area (Å²) in [7, 11) is 0. The quantitative estimate of drug-likeness (QED) is 0.865. The smallest absolute Gasteiger partial charge is 0.0543 e. The molecule has 0 spiro atoms. The van der Waals surface area contributed by atoms with Gasteiger partial charge in [0.1, 0.15) is 0 Å². The first-order valence-corrected chi connectivity index (χ1v) is 7.76. The molecule has 1 aromatic carbocycles. The van der Waals surface area contributed by atoms with Gasteiger partial charge in [-0.25, -0.2) is 0 Å². The monoisotopic (exact) mass is 301 g/mol. The Bertz CT molecular complexity index is 548. The summed E-state index contributed by atoms with van der Waals surface area (Å²) in [4.78, 5) is 9.37. The Morgan fingerprint density at radius 2 is 1.52 bits per heavy atom. The molecule has 1 saturated heterocycles. The van der Waals surface area contributed by atoms with E-state index in [-0.39, 0.29) is 0 Å². The van der Waals surface area contributed by atoms with E-state index >= 15 is 0 Å². The van der Waals surface area contributed by atoms with E-state index in [1.54, 1.807) is 0 Å². The van der Waals surface area contributed by atoms with E-state index in [0.717, 1.165) is 50.0 Å². The molecule has 1 aromatic heterocycles. The second kappa shape index (κ2) is 7.03. The van der Waals surface area contributed by atoms with Crippen molar-refractivity contribution in [2.24, 2.45) is 0 Å². The Hall–Kier alpha value is -1.42. The van der Waals surface area contributed by atoms with Gasteiger partial charge in [0.25, 0.3) is 0 Å². The summed E-state index contributed by atoms with van der Waals surface area (Å²) in [5.41, 5.74) is 2.49. The molecule has 21 heavy (non-hydrogen) atoms. The summed E-state index contributed by atoms with van der Waals surface area (Å²) in [6.45, 7) is 6.38. The highest BCUT2D eigenvalue weighted by Crippen LogP contribution is 2.13. The molecule has 1 fully saturated rings. The SMILES string of the molecule is Clc1ccc(CN2CCN(Cc3ccccn3)CC2)cc1. The van der Waals surface area contributed by atoms with Crippen LogP contribution in [0.3, 0.4) is 0 Å². The largest absolute Gasteiger partial charge is 0.297 e. The zero-order chi connectivity index (χ0) is 14.5. The minimum Gasteiger partial charge on any atom is -0.297 e. The van der Waals surface area contributed by atoms with Crippen molar-refractivity contribution in [3.8, 4) is 0 Å². The lowest BCUT2D eigenvalue weighted by Gasteiger charge is -2.34. The van der Waals surface area contributed by atoms with Crippen LogP contribution in [0.5, 0.6) is 0 Å². The molecular formula is C17H20ClN3. The predicted octanol–water partition coefficient (Wildman–Crippen LogP) is 3.05. The Labute approximate surface area is 131 Å². The maximum absolute atomic E-state index is 5.92. The van der Waals surface area contributed by atoms with Gasteiger partial charge in [-0.15, -0.1) is 0 Å². The molecule has 0 bridgehead atoms. The molecule has 0 radical (unpaired) electrons. The standard InChI is InChI=1S/C17H20ClN3/c18-16-6-4-15(5-7-16)13-20-9-11-21(12-10-20)14-17-3-1-2-8-19-17/h1-8H,9-14H2. The molecule has 2 aromatic rings. The number of piperazine rings is 1.